The molecule has 0 bridgehead atoms. The Hall–Kier alpha value is -1.85. The summed E-state index contributed by atoms with van der Waals surface area (Å²) in [4.78, 5) is 0. The summed E-state index contributed by atoms with van der Waals surface area (Å²) in [5.41, 5.74) is 8.32. The van der Waals surface area contributed by atoms with E-state index in [-0.39, 0.29) is 12.8 Å². The maximum atomic E-state index is 8.91. The van der Waals surface area contributed by atoms with Crippen LogP contribution in [0.15, 0.2) is 36.4 Å². The predicted octanol–water partition coefficient (Wildman–Crippen LogP) is 0.895. The number of aliphatic hydroxyl groups excluding tert-OH is 1. The van der Waals surface area contributed by atoms with E-state index >= 15 is 0 Å². The van der Waals surface area contributed by atoms with Crippen LogP contribution in [0.1, 0.15) is 17.4 Å². The zero-order valence-electron chi connectivity index (χ0n) is 9.30. The summed E-state index contributed by atoms with van der Waals surface area (Å²) in [5.74, 6) is 0.933. The Morgan fingerprint density at radius 1 is 1.29 bits per heavy atom. The van der Waals surface area contributed by atoms with Gasteiger partial charge in [0.15, 0.2) is 0 Å². The lowest BCUT2D eigenvalue weighted by molar-refractivity contribution is 0.297. The van der Waals surface area contributed by atoms with E-state index in [2.05, 4.69) is 28.1 Å². The van der Waals surface area contributed by atoms with Crippen molar-refractivity contribution in [3.63, 3.8) is 0 Å². The van der Waals surface area contributed by atoms with Gasteiger partial charge in [-0.15, -0.1) is 0 Å². The molecule has 17 heavy (non-hydrogen) atoms. The fraction of sp³-hybridized carbons (Fsp3) is 0.250. The van der Waals surface area contributed by atoms with E-state index in [4.69, 9.17) is 5.11 Å². The van der Waals surface area contributed by atoms with Gasteiger partial charge < -0.3 is 10.5 Å². The highest BCUT2D eigenvalue weighted by Crippen LogP contribution is 2.25. The van der Waals surface area contributed by atoms with Gasteiger partial charge in [-0.05, 0) is 5.56 Å². The van der Waals surface area contributed by atoms with Crippen LogP contribution in [0, 0.1) is 0 Å². The molecule has 0 radical (unpaired) electrons. The Balaban J connectivity index is 1.93. The Bertz CT molecular complexity index is 508. The largest absolute Gasteiger partial charge is 0.396 e. The third-order valence-corrected chi connectivity index (χ3v) is 2.85. The van der Waals surface area contributed by atoms with Crippen molar-refractivity contribution in [3.05, 3.63) is 47.7 Å². The third-order valence-electron chi connectivity index (χ3n) is 2.85. The fourth-order valence-electron chi connectivity index (χ4n) is 2.04. The monoisotopic (exact) mass is 230 g/mol. The second-order valence-electron chi connectivity index (χ2n) is 4.02. The molecule has 0 saturated heterocycles. The van der Waals surface area contributed by atoms with Gasteiger partial charge in [-0.3, -0.25) is 0 Å². The quantitative estimate of drug-likeness (QED) is 0.733. The van der Waals surface area contributed by atoms with Gasteiger partial charge in [-0.25, -0.2) is 10.1 Å². The highest BCUT2D eigenvalue weighted by atomic mass is 16.3. The molecule has 0 fully saturated rings. The van der Waals surface area contributed by atoms with E-state index in [1.165, 1.54) is 0 Å². The van der Waals surface area contributed by atoms with Gasteiger partial charge in [0, 0.05) is 19.1 Å². The van der Waals surface area contributed by atoms with Crippen molar-refractivity contribution >= 4 is 5.82 Å². The second-order valence-corrected chi connectivity index (χ2v) is 4.02. The first-order chi connectivity index (χ1) is 8.38. The maximum Gasteiger partial charge on any atom is 0.146 e. The fourth-order valence-corrected chi connectivity index (χ4v) is 2.04. The van der Waals surface area contributed by atoms with Crippen molar-refractivity contribution in [2.75, 3.05) is 12.0 Å². The molecule has 2 aromatic rings. The van der Waals surface area contributed by atoms with E-state index < -0.39 is 0 Å². The zero-order valence-corrected chi connectivity index (χ0v) is 9.30. The minimum absolute atomic E-state index is 0.0126. The number of hydrogen-bond donors (Lipinski definition) is 3. The van der Waals surface area contributed by atoms with Crippen LogP contribution < -0.4 is 10.9 Å². The molecule has 0 saturated carbocycles. The number of benzene rings is 1. The number of fused-ring (bicyclic) bond motifs is 1. The van der Waals surface area contributed by atoms with Crippen LogP contribution >= 0.6 is 0 Å². The summed E-state index contributed by atoms with van der Waals surface area (Å²) >= 11 is 0. The van der Waals surface area contributed by atoms with Crippen LogP contribution in [0.4, 0.5) is 5.82 Å². The summed E-state index contributed by atoms with van der Waals surface area (Å²) in [6, 6.07) is 12.1. The molecule has 2 heterocycles. The normalized spacial score (nSPS) is 17.8. The Kier molecular flexibility index (Phi) is 2.55. The number of nitrogens with zero attached hydrogens (tertiary/aromatic N) is 2. The summed E-state index contributed by atoms with van der Waals surface area (Å²) in [5, 5.41) is 13.4. The number of hydrogen-bond acceptors (Lipinski definition) is 4. The summed E-state index contributed by atoms with van der Waals surface area (Å²) < 4.78 is 1.90. The predicted molar refractivity (Wildman–Crippen MR) is 64.4 cm³/mol. The number of hydrazine groups is 1. The van der Waals surface area contributed by atoms with Gasteiger partial charge >= 0.3 is 0 Å². The van der Waals surface area contributed by atoms with Crippen molar-refractivity contribution in [3.8, 4) is 0 Å². The molecule has 0 aliphatic carbocycles. The number of aliphatic hydroxyl groups is 1. The highest BCUT2D eigenvalue weighted by molar-refractivity contribution is 5.42. The van der Waals surface area contributed by atoms with E-state index in [1.54, 1.807) is 0 Å². The van der Waals surface area contributed by atoms with Crippen LogP contribution in [-0.2, 0) is 6.42 Å². The first kappa shape index (κ1) is 10.3. The zero-order chi connectivity index (χ0) is 11.7. The highest BCUT2D eigenvalue weighted by Gasteiger charge is 2.24. The molecule has 1 aromatic carbocycles. The molecule has 1 aliphatic heterocycles. The van der Waals surface area contributed by atoms with Crippen molar-refractivity contribution in [1.29, 1.82) is 0 Å². The van der Waals surface area contributed by atoms with Gasteiger partial charge in [-0.2, -0.15) is 5.10 Å². The number of anilines is 1. The van der Waals surface area contributed by atoms with Crippen LogP contribution in [0.5, 0.6) is 0 Å². The lowest BCUT2D eigenvalue weighted by Gasteiger charge is -2.11. The molecule has 0 spiro atoms. The summed E-state index contributed by atoms with van der Waals surface area (Å²) in [7, 11) is 0. The van der Waals surface area contributed by atoms with Gasteiger partial charge in [0.1, 0.15) is 12.0 Å². The molecule has 1 aliphatic rings. The molecular weight excluding hydrogens is 216 g/mol. The molecule has 5 heteroatoms. The third kappa shape index (κ3) is 1.79. The Morgan fingerprint density at radius 3 is 2.88 bits per heavy atom. The first-order valence-corrected chi connectivity index (χ1v) is 5.64. The minimum Gasteiger partial charge on any atom is -0.396 e. The SMILES string of the molecule is OCCc1cc2n(n1)C(c1ccccc1)NN2. The van der Waals surface area contributed by atoms with Crippen LogP contribution in [0.3, 0.4) is 0 Å². The first-order valence-electron chi connectivity index (χ1n) is 5.64. The number of nitrogens with one attached hydrogen (secondary N) is 2. The molecule has 1 atom stereocenters. The second kappa shape index (κ2) is 4.20. The topological polar surface area (TPSA) is 62.1 Å². The number of aromatic nitrogens is 2. The van der Waals surface area contributed by atoms with Crippen LogP contribution in [-0.4, -0.2) is 21.5 Å². The summed E-state index contributed by atoms with van der Waals surface area (Å²) in [6.45, 7) is 0.125. The van der Waals surface area contributed by atoms with E-state index in [0.29, 0.717) is 6.42 Å². The Morgan fingerprint density at radius 2 is 2.12 bits per heavy atom. The van der Waals surface area contributed by atoms with Gasteiger partial charge in [0.2, 0.25) is 0 Å². The minimum atomic E-state index is 0.0126. The Labute approximate surface area is 99.0 Å². The molecule has 5 nitrogen and oxygen atoms in total. The van der Waals surface area contributed by atoms with Crippen molar-refractivity contribution in [2.45, 2.75) is 12.6 Å². The van der Waals surface area contributed by atoms with Gasteiger partial charge in [-0.1, -0.05) is 30.3 Å². The molecule has 3 N–H and O–H groups in total. The molecule has 1 unspecified atom stereocenters. The average molecular weight is 230 g/mol. The van der Waals surface area contributed by atoms with E-state index in [9.17, 15) is 0 Å². The van der Waals surface area contributed by atoms with E-state index in [0.717, 1.165) is 17.1 Å². The van der Waals surface area contributed by atoms with Crippen LogP contribution in [0.25, 0.3) is 0 Å². The molecular formula is C12H14N4O. The molecule has 3 rings (SSSR count). The summed E-state index contributed by atoms with van der Waals surface area (Å²) in [6.07, 6.45) is 0.599. The van der Waals surface area contributed by atoms with E-state index in [1.807, 2.05) is 28.9 Å². The molecule has 88 valence electrons. The van der Waals surface area contributed by atoms with Crippen LogP contribution in [0.2, 0.25) is 0 Å². The van der Waals surface area contributed by atoms with Gasteiger partial charge in [0.05, 0.1) is 5.69 Å². The van der Waals surface area contributed by atoms with Crippen molar-refractivity contribution in [1.82, 2.24) is 15.2 Å². The van der Waals surface area contributed by atoms with Crippen molar-refractivity contribution in [2.24, 2.45) is 0 Å². The lowest BCUT2D eigenvalue weighted by Crippen LogP contribution is -2.23. The molecule has 0 amide bonds. The standard InChI is InChI=1S/C12H14N4O/c17-7-6-10-8-11-13-14-12(16(11)15-10)9-4-2-1-3-5-9/h1-5,8,12-14,17H,6-7H2. The average Bonchev–Trinajstić information content (AvgIpc) is 2.90. The van der Waals surface area contributed by atoms with Crippen molar-refractivity contribution < 1.29 is 5.11 Å². The number of rotatable bonds is 3. The smallest absolute Gasteiger partial charge is 0.146 e. The molecule has 1 aromatic heterocycles. The van der Waals surface area contributed by atoms with Gasteiger partial charge in [0.25, 0.3) is 0 Å². The lowest BCUT2D eigenvalue weighted by atomic mass is 10.2. The maximum absolute atomic E-state index is 8.91.